The first kappa shape index (κ1) is 20.1. The standard InChI is InChI=1S/C25H21N7O/c26-21-8-4-5-9-22(21)29-24-30-23-15-12-18(16-32(23)31-24)17-10-13-20(14-11-17)28-25(33)27-19-6-2-1-3-7-19/h1-16H,26H2,(H,29,31)(H2,27,28,33). The summed E-state index contributed by atoms with van der Waals surface area (Å²) in [5.74, 6) is 0.467. The number of amides is 2. The van der Waals surface area contributed by atoms with Crippen LogP contribution in [0.1, 0.15) is 0 Å². The van der Waals surface area contributed by atoms with Crippen LogP contribution in [-0.2, 0) is 0 Å². The van der Waals surface area contributed by atoms with Gasteiger partial charge in [0, 0.05) is 23.1 Å². The molecule has 162 valence electrons. The van der Waals surface area contributed by atoms with E-state index in [1.165, 1.54) is 0 Å². The summed E-state index contributed by atoms with van der Waals surface area (Å²) in [5.41, 5.74) is 11.5. The largest absolute Gasteiger partial charge is 0.397 e. The second-order valence-electron chi connectivity index (χ2n) is 7.39. The molecule has 0 aliphatic carbocycles. The van der Waals surface area contributed by atoms with E-state index in [2.05, 4.69) is 26.0 Å². The third-order valence-electron chi connectivity index (χ3n) is 5.05. The van der Waals surface area contributed by atoms with E-state index in [1.54, 1.807) is 4.52 Å². The monoisotopic (exact) mass is 435 g/mol. The summed E-state index contributed by atoms with van der Waals surface area (Å²) in [6.45, 7) is 0. The summed E-state index contributed by atoms with van der Waals surface area (Å²) < 4.78 is 1.72. The maximum atomic E-state index is 12.2. The molecule has 33 heavy (non-hydrogen) atoms. The van der Waals surface area contributed by atoms with Crippen molar-refractivity contribution in [2.24, 2.45) is 0 Å². The maximum absolute atomic E-state index is 12.2. The van der Waals surface area contributed by atoms with Crippen molar-refractivity contribution in [3.8, 4) is 11.1 Å². The van der Waals surface area contributed by atoms with E-state index in [0.717, 1.165) is 22.5 Å². The van der Waals surface area contributed by atoms with Gasteiger partial charge in [-0.3, -0.25) is 0 Å². The van der Waals surface area contributed by atoms with Gasteiger partial charge in [-0.2, -0.15) is 4.98 Å². The van der Waals surface area contributed by atoms with Gasteiger partial charge in [0.15, 0.2) is 5.65 Å². The number of para-hydroxylation sites is 3. The summed E-state index contributed by atoms with van der Waals surface area (Å²) in [7, 11) is 0. The number of anilines is 5. The van der Waals surface area contributed by atoms with Crippen molar-refractivity contribution in [1.29, 1.82) is 0 Å². The molecule has 0 fully saturated rings. The lowest BCUT2D eigenvalue weighted by molar-refractivity contribution is 0.262. The first-order valence-corrected chi connectivity index (χ1v) is 10.4. The number of rotatable bonds is 5. The van der Waals surface area contributed by atoms with Gasteiger partial charge in [-0.25, -0.2) is 9.31 Å². The minimum absolute atomic E-state index is 0.294. The van der Waals surface area contributed by atoms with Crippen molar-refractivity contribution < 1.29 is 4.79 Å². The van der Waals surface area contributed by atoms with Gasteiger partial charge in [0.1, 0.15) is 0 Å². The predicted molar refractivity (Wildman–Crippen MR) is 132 cm³/mol. The van der Waals surface area contributed by atoms with Crippen LogP contribution in [0.5, 0.6) is 0 Å². The van der Waals surface area contributed by atoms with E-state index in [4.69, 9.17) is 5.73 Å². The number of nitrogens with zero attached hydrogens (tertiary/aromatic N) is 3. The van der Waals surface area contributed by atoms with Gasteiger partial charge in [0.2, 0.25) is 5.95 Å². The number of nitrogens with one attached hydrogen (secondary N) is 3. The average molecular weight is 435 g/mol. The highest BCUT2D eigenvalue weighted by molar-refractivity contribution is 5.99. The fraction of sp³-hybridized carbons (Fsp3) is 0. The summed E-state index contributed by atoms with van der Waals surface area (Å²) in [6.07, 6.45) is 1.91. The number of nitrogens with two attached hydrogens (primary N) is 1. The summed E-state index contributed by atoms with van der Waals surface area (Å²) in [5, 5.41) is 13.3. The smallest absolute Gasteiger partial charge is 0.323 e. The van der Waals surface area contributed by atoms with Gasteiger partial charge in [-0.05, 0) is 54.1 Å². The maximum Gasteiger partial charge on any atom is 0.323 e. The van der Waals surface area contributed by atoms with Crippen molar-refractivity contribution in [1.82, 2.24) is 14.6 Å². The molecule has 0 spiro atoms. The van der Waals surface area contributed by atoms with Crippen LogP contribution in [0.2, 0.25) is 0 Å². The van der Waals surface area contributed by atoms with Gasteiger partial charge in [-0.1, -0.05) is 42.5 Å². The second-order valence-corrected chi connectivity index (χ2v) is 7.39. The number of nitrogen functional groups attached to an aromatic ring is 1. The Hall–Kier alpha value is -4.85. The molecular weight excluding hydrogens is 414 g/mol. The number of aromatic nitrogens is 3. The minimum Gasteiger partial charge on any atom is -0.397 e. The molecule has 2 aromatic heterocycles. The lowest BCUT2D eigenvalue weighted by atomic mass is 10.1. The van der Waals surface area contributed by atoms with Crippen LogP contribution in [0.15, 0.2) is 97.2 Å². The van der Waals surface area contributed by atoms with Crippen LogP contribution >= 0.6 is 0 Å². The SMILES string of the molecule is Nc1ccccc1Nc1nc2ccc(-c3ccc(NC(=O)Nc4ccccc4)cc3)cn2n1. The predicted octanol–water partition coefficient (Wildman–Crippen LogP) is 5.37. The molecular formula is C25H21N7O. The molecule has 2 amide bonds. The number of benzene rings is 3. The van der Waals surface area contributed by atoms with Crippen LogP contribution in [0, 0.1) is 0 Å². The molecule has 0 aliphatic rings. The molecule has 0 saturated carbocycles. The Balaban J connectivity index is 1.29. The van der Waals surface area contributed by atoms with E-state index in [9.17, 15) is 4.79 Å². The molecule has 0 unspecified atom stereocenters. The van der Waals surface area contributed by atoms with Gasteiger partial charge < -0.3 is 21.7 Å². The van der Waals surface area contributed by atoms with Crippen LogP contribution in [0.3, 0.4) is 0 Å². The Morgan fingerprint density at radius 2 is 1.42 bits per heavy atom. The Morgan fingerprint density at radius 1 is 0.758 bits per heavy atom. The van der Waals surface area contributed by atoms with E-state index in [0.29, 0.717) is 23.0 Å². The topological polar surface area (TPSA) is 109 Å². The van der Waals surface area contributed by atoms with E-state index >= 15 is 0 Å². The Kier molecular flexibility index (Phi) is 5.30. The molecule has 5 rings (SSSR count). The first-order chi connectivity index (χ1) is 16.1. The van der Waals surface area contributed by atoms with Crippen molar-refractivity contribution in [3.05, 3.63) is 97.2 Å². The van der Waals surface area contributed by atoms with E-state index in [-0.39, 0.29) is 6.03 Å². The number of carbonyl (C=O) groups is 1. The number of urea groups is 1. The fourth-order valence-electron chi connectivity index (χ4n) is 3.40. The number of pyridine rings is 1. The molecule has 0 aliphatic heterocycles. The molecule has 5 aromatic rings. The average Bonchev–Trinajstić information content (AvgIpc) is 3.23. The van der Waals surface area contributed by atoms with Crippen molar-refractivity contribution in [2.45, 2.75) is 0 Å². The number of hydrogen-bond acceptors (Lipinski definition) is 5. The van der Waals surface area contributed by atoms with Crippen LogP contribution in [0.4, 0.5) is 33.5 Å². The van der Waals surface area contributed by atoms with Crippen molar-refractivity contribution in [3.63, 3.8) is 0 Å². The summed E-state index contributed by atoms with van der Waals surface area (Å²) >= 11 is 0. The lowest BCUT2D eigenvalue weighted by Crippen LogP contribution is -2.19. The molecule has 0 saturated heterocycles. The van der Waals surface area contributed by atoms with Crippen LogP contribution in [-0.4, -0.2) is 20.6 Å². The zero-order valence-corrected chi connectivity index (χ0v) is 17.6. The van der Waals surface area contributed by atoms with Gasteiger partial charge in [0.05, 0.1) is 11.4 Å². The molecule has 8 heteroatoms. The molecule has 2 heterocycles. The molecule has 0 atom stereocenters. The number of hydrogen-bond donors (Lipinski definition) is 4. The van der Waals surface area contributed by atoms with Gasteiger partial charge >= 0.3 is 6.03 Å². The van der Waals surface area contributed by atoms with Gasteiger partial charge in [0.25, 0.3) is 0 Å². The van der Waals surface area contributed by atoms with Crippen molar-refractivity contribution >= 4 is 40.4 Å². The summed E-state index contributed by atoms with van der Waals surface area (Å²) in [4.78, 5) is 16.7. The van der Waals surface area contributed by atoms with E-state index in [1.807, 2.05) is 97.2 Å². The summed E-state index contributed by atoms with van der Waals surface area (Å²) in [6, 6.07) is 28.0. The third-order valence-corrected chi connectivity index (χ3v) is 5.05. The Morgan fingerprint density at radius 3 is 2.18 bits per heavy atom. The molecule has 3 aromatic carbocycles. The zero-order valence-electron chi connectivity index (χ0n) is 17.6. The van der Waals surface area contributed by atoms with Crippen LogP contribution in [0.25, 0.3) is 16.8 Å². The first-order valence-electron chi connectivity index (χ1n) is 10.4. The quantitative estimate of drug-likeness (QED) is 0.278. The molecule has 0 bridgehead atoms. The number of fused-ring (bicyclic) bond motifs is 1. The third kappa shape index (κ3) is 4.59. The van der Waals surface area contributed by atoms with Crippen molar-refractivity contribution in [2.75, 3.05) is 21.7 Å². The highest BCUT2D eigenvalue weighted by Crippen LogP contribution is 2.24. The zero-order chi connectivity index (χ0) is 22.6. The van der Waals surface area contributed by atoms with Crippen LogP contribution < -0.4 is 21.7 Å². The molecule has 5 N–H and O–H groups in total. The highest BCUT2D eigenvalue weighted by Gasteiger charge is 2.08. The fourth-order valence-corrected chi connectivity index (χ4v) is 3.40. The number of carbonyl (C=O) groups excluding carboxylic acids is 1. The Bertz CT molecular complexity index is 1410. The lowest BCUT2D eigenvalue weighted by Gasteiger charge is -2.08. The Labute approximate surface area is 190 Å². The highest BCUT2D eigenvalue weighted by atomic mass is 16.2. The normalized spacial score (nSPS) is 10.7. The molecule has 8 nitrogen and oxygen atoms in total. The van der Waals surface area contributed by atoms with Gasteiger partial charge in [-0.15, -0.1) is 5.10 Å². The minimum atomic E-state index is -0.294. The molecule has 0 radical (unpaired) electrons. The van der Waals surface area contributed by atoms with E-state index < -0.39 is 0 Å². The second kappa shape index (κ2) is 8.72.